The SMILES string of the molecule is Clc1c(Cl)c(Cl)c2c(c1Cl)-c1nc-2nc2[n-]c(nc3nc(nc4[n-]c(n1)c1c(Cl)c(Cl)c(Cl)c(Cl)c41)-c1c(Cl)c(Cl)c(Cl)c(Cl)c1-3)c1c(Cl)c(Cl)c(Cl)c(Cl)c21.[Cu+2].[Cu+2].c1ccc2c(c1)-c1nc-2nc2[n-]c(nc3nc(nc4[n-]c(n1)c1ccccc41)-c1ccccc1-3)c1ccccc21. The minimum atomic E-state index is -0.109. The predicted molar refractivity (Wildman–Crippen MR) is 388 cm³/mol. The van der Waals surface area contributed by atoms with Crippen LogP contribution in [-0.2, 0) is 34.1 Å². The Morgan fingerprint density at radius 2 is 0.357 bits per heavy atom. The van der Waals surface area contributed by atoms with Crippen LogP contribution in [-0.4, -0.2) is 59.8 Å². The molecule has 4 aliphatic rings. The van der Waals surface area contributed by atoms with Gasteiger partial charge in [0.25, 0.3) is 0 Å². The van der Waals surface area contributed by atoms with Gasteiger partial charge in [-0.1, -0.05) is 283 Å². The molecule has 98 heavy (non-hydrogen) atoms. The molecule has 10 heterocycles. The van der Waals surface area contributed by atoms with Gasteiger partial charge in [-0.2, -0.15) is 0 Å². The number of rotatable bonds is 0. The second kappa shape index (κ2) is 25.6. The average Bonchev–Trinajstić information content (AvgIpc) is 1.56. The number of benzene rings is 8. The minimum Gasteiger partial charge on any atom is -0.357 e. The molecule has 0 aliphatic carbocycles. The zero-order valence-corrected chi connectivity index (χ0v) is 61.0. The Morgan fingerprint density at radius 1 is 0.184 bits per heavy atom. The van der Waals surface area contributed by atoms with E-state index in [9.17, 15) is 0 Å². The van der Waals surface area contributed by atoms with Crippen LogP contribution in [0.4, 0.5) is 0 Å². The summed E-state index contributed by atoms with van der Waals surface area (Å²) in [6.45, 7) is 0. The van der Waals surface area contributed by atoms with Gasteiger partial charge in [-0.15, -0.1) is 0 Å². The third-order valence-electron chi connectivity index (χ3n) is 15.9. The molecule has 16 nitrogen and oxygen atoms in total. The zero-order valence-electron chi connectivity index (χ0n) is 47.0. The van der Waals surface area contributed by atoms with Gasteiger partial charge in [0.1, 0.15) is 0 Å². The van der Waals surface area contributed by atoms with Crippen molar-refractivity contribution in [2.45, 2.75) is 0 Å². The number of hydrogen-bond donors (Lipinski definition) is 0. The van der Waals surface area contributed by atoms with Crippen molar-refractivity contribution in [1.29, 1.82) is 0 Å². The van der Waals surface area contributed by atoms with Gasteiger partial charge in [0.2, 0.25) is 0 Å². The van der Waals surface area contributed by atoms with Crippen LogP contribution >= 0.6 is 186 Å². The molecule has 0 fully saturated rings. The van der Waals surface area contributed by atoms with Crippen molar-refractivity contribution in [2.24, 2.45) is 0 Å². The molecule has 486 valence electrons. The first-order valence-corrected chi connectivity index (χ1v) is 33.5. The summed E-state index contributed by atoms with van der Waals surface area (Å²) >= 11 is 107. The summed E-state index contributed by atoms with van der Waals surface area (Å²) in [6, 6.07) is 31.8. The van der Waals surface area contributed by atoms with Crippen LogP contribution in [0.25, 0.3) is 179 Å². The van der Waals surface area contributed by atoms with Crippen molar-refractivity contribution in [2.75, 3.05) is 0 Å². The van der Waals surface area contributed by atoms with Crippen molar-refractivity contribution in [3.8, 4) is 91.1 Å². The first kappa shape index (κ1) is 68.0. The Labute approximate surface area is 649 Å². The molecule has 0 N–H and O–H groups in total. The monoisotopic (exact) mass is 1690 g/mol. The predicted octanol–water partition coefficient (Wildman–Crippen LogP) is 22.7. The Kier molecular flexibility index (Phi) is 17.7. The molecule has 0 amide bonds. The summed E-state index contributed by atoms with van der Waals surface area (Å²) in [5, 5.41) is 2.52. The number of aromatic nitrogens is 16. The average molecular weight is 1700 g/mol. The van der Waals surface area contributed by atoms with Crippen molar-refractivity contribution < 1.29 is 34.1 Å². The molecule has 0 saturated heterocycles. The number of halogens is 16. The van der Waals surface area contributed by atoms with Crippen LogP contribution in [0.3, 0.4) is 0 Å². The van der Waals surface area contributed by atoms with Crippen LogP contribution < -0.4 is 19.9 Å². The van der Waals surface area contributed by atoms with Gasteiger partial charge in [-0.05, 0) is 21.5 Å². The van der Waals surface area contributed by atoms with Crippen molar-refractivity contribution >= 4 is 274 Å². The fourth-order valence-corrected chi connectivity index (χ4v) is 15.6. The number of hydrogen-bond acceptors (Lipinski definition) is 12. The van der Waals surface area contributed by atoms with Gasteiger partial charge >= 0.3 is 34.1 Å². The van der Waals surface area contributed by atoms with E-state index in [-0.39, 0.29) is 204 Å². The molecule has 16 bridgehead atoms. The number of nitrogens with zero attached hydrogens (tertiary/aromatic N) is 16. The van der Waals surface area contributed by atoms with Crippen LogP contribution in [0.1, 0.15) is 0 Å². The second-order valence-corrected chi connectivity index (χ2v) is 27.2. The van der Waals surface area contributed by atoms with Gasteiger partial charge < -0.3 is 59.8 Å². The molecule has 2 radical (unpaired) electrons. The maximum atomic E-state index is 6.82. The largest absolute Gasteiger partial charge is 2.00 e. The maximum absolute atomic E-state index is 6.82. The smallest absolute Gasteiger partial charge is 0.357 e. The Morgan fingerprint density at radius 3 is 0.582 bits per heavy atom. The third kappa shape index (κ3) is 10.4. The van der Waals surface area contributed by atoms with E-state index in [1.54, 1.807) is 0 Å². The maximum Gasteiger partial charge on any atom is 2.00 e. The topological polar surface area (TPSA) is 211 Å². The molecule has 0 atom stereocenters. The summed E-state index contributed by atoms with van der Waals surface area (Å²) in [6.07, 6.45) is 0. The first-order chi connectivity index (χ1) is 46.2. The van der Waals surface area contributed by atoms with E-state index in [2.05, 4.69) is 19.9 Å². The van der Waals surface area contributed by atoms with E-state index in [4.69, 9.17) is 245 Å². The van der Waals surface area contributed by atoms with E-state index < -0.39 is 0 Å². The van der Waals surface area contributed by atoms with E-state index in [0.29, 0.717) is 45.9 Å². The van der Waals surface area contributed by atoms with Gasteiger partial charge in [0, 0.05) is 111 Å². The van der Waals surface area contributed by atoms with Crippen molar-refractivity contribution in [1.82, 2.24) is 79.7 Å². The van der Waals surface area contributed by atoms with Crippen LogP contribution in [0.15, 0.2) is 97.1 Å². The van der Waals surface area contributed by atoms with E-state index >= 15 is 0 Å². The van der Waals surface area contributed by atoms with E-state index in [1.165, 1.54) is 0 Å². The molecule has 34 heteroatoms. The summed E-state index contributed by atoms with van der Waals surface area (Å²) in [4.78, 5) is 77.0. The van der Waals surface area contributed by atoms with Crippen LogP contribution in [0.5, 0.6) is 0 Å². The second-order valence-electron chi connectivity index (χ2n) is 21.2. The number of fused-ring (bicyclic) bond motifs is 40. The molecule has 0 spiro atoms. The standard InChI is InChI=1S/C32Cl16N8.C32H16N8.2Cu/c33-9-1-2(10(34)18(42)17(9)41)26-49-25(1)53-27-3-4(12(36)20(44)19(43)11(3)35)29(50-27)55-31-7-8(16(40)24(48)23(47)15(7)39)32(52-31)56-30-6-5(28(51-30)54-26)13(37)21(45)22(46)14(6)38;1-2-10-18-17(9-1)25-33-26(18)38-28-21-13-5-6-14-22(21)30(35-28)40-32-24-16-8-7-15-23(24)31(36-32)39-29-20-12-4-3-11-19(20)27(34-29)37-25;;/h;1-16H;;/q2*-2;2*+2. The van der Waals surface area contributed by atoms with Gasteiger partial charge in [0.15, 0.2) is 0 Å². The van der Waals surface area contributed by atoms with Crippen molar-refractivity contribution in [3.05, 3.63) is 177 Å². The third-order valence-corrected chi connectivity index (χ3v) is 23.1. The summed E-state index contributed by atoms with van der Waals surface area (Å²) < 4.78 is 0. The summed E-state index contributed by atoms with van der Waals surface area (Å²) in [5.41, 5.74) is 5.78. The van der Waals surface area contributed by atoms with Gasteiger partial charge in [0.05, 0.1) is 127 Å². The molecular weight excluding hydrogens is 1690 g/mol. The van der Waals surface area contributed by atoms with Crippen molar-refractivity contribution in [3.63, 3.8) is 0 Å². The molecule has 14 aromatic rings. The Balaban J connectivity index is 0.000000165. The molecule has 0 unspecified atom stereocenters. The fraction of sp³-hybridized carbons (Fsp3) is 0. The quantitative estimate of drug-likeness (QED) is 0.0785. The zero-order chi connectivity index (χ0) is 66.3. The Bertz CT molecular complexity index is 5630. The normalized spacial score (nSPS) is 11.9. The van der Waals surface area contributed by atoms with E-state index in [1.807, 2.05) is 97.1 Å². The minimum absolute atomic E-state index is 0. The molecule has 0 saturated carbocycles. The van der Waals surface area contributed by atoms with Gasteiger partial charge in [-0.3, -0.25) is 0 Å². The Hall–Kier alpha value is -5.84. The molecule has 18 rings (SSSR count). The van der Waals surface area contributed by atoms with Crippen LogP contribution in [0, 0.1) is 0 Å². The fourth-order valence-electron chi connectivity index (χ4n) is 11.6. The summed E-state index contributed by atoms with van der Waals surface area (Å²) in [7, 11) is 0. The first-order valence-electron chi connectivity index (χ1n) is 27.5. The molecule has 4 aliphatic heterocycles. The van der Waals surface area contributed by atoms with E-state index in [0.717, 1.165) is 43.8 Å². The molecule has 6 aromatic heterocycles. The van der Waals surface area contributed by atoms with Gasteiger partial charge in [-0.25, -0.2) is 19.9 Å². The molecular formula is C64H16Cl16Cu2N16. The summed E-state index contributed by atoms with van der Waals surface area (Å²) in [5.74, 6) is 1.77. The van der Waals surface area contributed by atoms with Crippen LogP contribution in [0.2, 0.25) is 80.4 Å². The molecule has 8 aromatic carbocycles.